The normalized spacial score (nSPS) is 14.3. The lowest BCUT2D eigenvalue weighted by molar-refractivity contribution is -0.136. The van der Waals surface area contributed by atoms with Gasteiger partial charge in [-0.3, -0.25) is 4.79 Å². The summed E-state index contributed by atoms with van der Waals surface area (Å²) >= 11 is 0. The third-order valence-corrected chi connectivity index (χ3v) is 3.17. The van der Waals surface area contributed by atoms with E-state index in [-0.39, 0.29) is 17.9 Å². The summed E-state index contributed by atoms with van der Waals surface area (Å²) in [6.07, 6.45) is 1.43. The van der Waals surface area contributed by atoms with E-state index in [0.29, 0.717) is 32.7 Å². The van der Waals surface area contributed by atoms with E-state index in [0.717, 1.165) is 6.42 Å². The van der Waals surface area contributed by atoms with Gasteiger partial charge < -0.3 is 20.1 Å². The molecule has 0 heterocycles. The van der Waals surface area contributed by atoms with Crippen molar-refractivity contribution in [1.82, 2.24) is 4.90 Å². The van der Waals surface area contributed by atoms with Crippen molar-refractivity contribution in [3.8, 4) is 0 Å². The predicted octanol–water partition coefficient (Wildman–Crippen LogP) is 0.871. The molecule has 0 aliphatic rings. The molecule has 0 saturated heterocycles. The molecule has 0 aliphatic carbocycles. The monoisotopic (exact) mass is 260 g/mol. The van der Waals surface area contributed by atoms with E-state index in [4.69, 9.17) is 15.2 Å². The van der Waals surface area contributed by atoms with Crippen LogP contribution in [0.1, 0.15) is 26.7 Å². The molecule has 0 radical (unpaired) electrons. The van der Waals surface area contributed by atoms with Gasteiger partial charge in [0.2, 0.25) is 5.91 Å². The fourth-order valence-corrected chi connectivity index (χ4v) is 1.87. The van der Waals surface area contributed by atoms with Crippen LogP contribution in [0.15, 0.2) is 0 Å². The standard InChI is InChI=1S/C13H28N2O3/c1-5-12(9-14)8-13(16)15(6-7-17-3)11(2)10-18-4/h11-12H,5-10,14H2,1-4H3. The molecule has 2 unspecified atom stereocenters. The lowest BCUT2D eigenvalue weighted by Gasteiger charge is -2.30. The number of hydrogen-bond donors (Lipinski definition) is 1. The zero-order chi connectivity index (χ0) is 14.0. The molecule has 0 saturated carbocycles. The Kier molecular flexibility index (Phi) is 9.92. The summed E-state index contributed by atoms with van der Waals surface area (Å²) in [6, 6.07) is 0.0629. The molecule has 0 spiro atoms. The molecule has 0 aromatic rings. The third kappa shape index (κ3) is 6.33. The zero-order valence-corrected chi connectivity index (χ0v) is 12.1. The zero-order valence-electron chi connectivity index (χ0n) is 12.1. The second kappa shape index (κ2) is 10.3. The molecular weight excluding hydrogens is 232 g/mol. The first kappa shape index (κ1) is 17.4. The van der Waals surface area contributed by atoms with Crippen LogP contribution >= 0.6 is 0 Å². The maximum atomic E-state index is 12.3. The maximum Gasteiger partial charge on any atom is 0.223 e. The topological polar surface area (TPSA) is 64.8 Å². The van der Waals surface area contributed by atoms with Crippen molar-refractivity contribution < 1.29 is 14.3 Å². The number of hydrogen-bond acceptors (Lipinski definition) is 4. The van der Waals surface area contributed by atoms with Gasteiger partial charge in [0.1, 0.15) is 0 Å². The molecule has 0 rings (SSSR count). The van der Waals surface area contributed by atoms with Gasteiger partial charge in [-0.1, -0.05) is 13.3 Å². The SMILES string of the molecule is CCC(CN)CC(=O)N(CCOC)C(C)COC. The molecule has 2 atom stereocenters. The van der Waals surface area contributed by atoms with Crippen LogP contribution in [0.5, 0.6) is 0 Å². The first-order valence-corrected chi connectivity index (χ1v) is 6.58. The largest absolute Gasteiger partial charge is 0.383 e. The average molecular weight is 260 g/mol. The molecule has 0 aromatic carbocycles. The van der Waals surface area contributed by atoms with Crippen molar-refractivity contribution in [3.05, 3.63) is 0 Å². The van der Waals surface area contributed by atoms with E-state index in [1.165, 1.54) is 0 Å². The van der Waals surface area contributed by atoms with Crippen LogP contribution < -0.4 is 5.73 Å². The Balaban J connectivity index is 4.47. The highest BCUT2D eigenvalue weighted by atomic mass is 16.5. The molecule has 2 N–H and O–H groups in total. The van der Waals surface area contributed by atoms with Crippen LogP contribution in [0.25, 0.3) is 0 Å². The number of rotatable bonds is 10. The highest BCUT2D eigenvalue weighted by Gasteiger charge is 2.21. The molecule has 0 fully saturated rings. The van der Waals surface area contributed by atoms with Gasteiger partial charge in [-0.05, 0) is 19.4 Å². The number of carbonyl (C=O) groups excluding carboxylic acids is 1. The number of methoxy groups -OCH3 is 2. The second-order valence-corrected chi connectivity index (χ2v) is 4.60. The molecule has 108 valence electrons. The van der Waals surface area contributed by atoms with Crippen LogP contribution in [-0.2, 0) is 14.3 Å². The molecular formula is C13H28N2O3. The second-order valence-electron chi connectivity index (χ2n) is 4.60. The van der Waals surface area contributed by atoms with E-state index < -0.39 is 0 Å². The fraction of sp³-hybridized carbons (Fsp3) is 0.923. The number of carbonyl (C=O) groups is 1. The summed E-state index contributed by atoms with van der Waals surface area (Å²) in [5, 5.41) is 0. The van der Waals surface area contributed by atoms with Crippen molar-refractivity contribution in [2.75, 3.05) is 40.5 Å². The van der Waals surface area contributed by atoms with Crippen LogP contribution in [-0.4, -0.2) is 57.4 Å². The van der Waals surface area contributed by atoms with Gasteiger partial charge in [-0.15, -0.1) is 0 Å². The summed E-state index contributed by atoms with van der Waals surface area (Å²) in [5.41, 5.74) is 5.65. The van der Waals surface area contributed by atoms with Crippen LogP contribution in [0.2, 0.25) is 0 Å². The van der Waals surface area contributed by atoms with Gasteiger partial charge in [0, 0.05) is 27.2 Å². The number of amides is 1. The summed E-state index contributed by atoms with van der Waals surface area (Å²) in [5.74, 6) is 0.395. The first-order chi connectivity index (χ1) is 8.60. The predicted molar refractivity (Wildman–Crippen MR) is 72.4 cm³/mol. The van der Waals surface area contributed by atoms with Crippen LogP contribution in [0.3, 0.4) is 0 Å². The Morgan fingerprint density at radius 1 is 1.33 bits per heavy atom. The minimum atomic E-state index is 0.0629. The Morgan fingerprint density at radius 2 is 2.00 bits per heavy atom. The Morgan fingerprint density at radius 3 is 2.44 bits per heavy atom. The summed E-state index contributed by atoms with van der Waals surface area (Å²) in [6.45, 7) is 6.28. The Labute approximate surface area is 111 Å². The number of ether oxygens (including phenoxy) is 2. The van der Waals surface area contributed by atoms with Gasteiger partial charge in [0.15, 0.2) is 0 Å². The Hall–Kier alpha value is -0.650. The lowest BCUT2D eigenvalue weighted by Crippen LogP contribution is -2.44. The fourth-order valence-electron chi connectivity index (χ4n) is 1.87. The number of nitrogens with zero attached hydrogens (tertiary/aromatic N) is 1. The minimum Gasteiger partial charge on any atom is -0.383 e. The van der Waals surface area contributed by atoms with Crippen molar-refractivity contribution in [2.45, 2.75) is 32.7 Å². The van der Waals surface area contributed by atoms with Gasteiger partial charge in [0.25, 0.3) is 0 Å². The van der Waals surface area contributed by atoms with Gasteiger partial charge in [-0.2, -0.15) is 0 Å². The quantitative estimate of drug-likeness (QED) is 0.633. The van der Waals surface area contributed by atoms with E-state index >= 15 is 0 Å². The lowest BCUT2D eigenvalue weighted by atomic mass is 10.0. The molecule has 5 nitrogen and oxygen atoms in total. The minimum absolute atomic E-state index is 0.0629. The summed E-state index contributed by atoms with van der Waals surface area (Å²) < 4.78 is 10.2. The molecule has 0 aliphatic heterocycles. The highest BCUT2D eigenvalue weighted by molar-refractivity contribution is 5.76. The average Bonchev–Trinajstić information content (AvgIpc) is 2.36. The van der Waals surface area contributed by atoms with Crippen molar-refractivity contribution >= 4 is 5.91 Å². The summed E-state index contributed by atoms with van der Waals surface area (Å²) in [7, 11) is 3.28. The van der Waals surface area contributed by atoms with Crippen LogP contribution in [0, 0.1) is 5.92 Å². The van der Waals surface area contributed by atoms with E-state index in [1.54, 1.807) is 14.2 Å². The van der Waals surface area contributed by atoms with Crippen molar-refractivity contribution in [1.29, 1.82) is 0 Å². The van der Waals surface area contributed by atoms with Gasteiger partial charge >= 0.3 is 0 Å². The van der Waals surface area contributed by atoms with Crippen molar-refractivity contribution in [3.63, 3.8) is 0 Å². The third-order valence-electron chi connectivity index (χ3n) is 3.17. The van der Waals surface area contributed by atoms with Gasteiger partial charge in [-0.25, -0.2) is 0 Å². The molecule has 0 aromatic heterocycles. The summed E-state index contributed by atoms with van der Waals surface area (Å²) in [4.78, 5) is 14.1. The smallest absolute Gasteiger partial charge is 0.223 e. The molecule has 18 heavy (non-hydrogen) atoms. The maximum absolute atomic E-state index is 12.3. The molecule has 1 amide bonds. The highest BCUT2D eigenvalue weighted by Crippen LogP contribution is 2.11. The van der Waals surface area contributed by atoms with E-state index in [9.17, 15) is 4.79 Å². The first-order valence-electron chi connectivity index (χ1n) is 6.58. The van der Waals surface area contributed by atoms with Gasteiger partial charge in [0.05, 0.1) is 19.3 Å². The molecule has 0 bridgehead atoms. The Bertz CT molecular complexity index is 220. The van der Waals surface area contributed by atoms with E-state index in [2.05, 4.69) is 6.92 Å². The van der Waals surface area contributed by atoms with E-state index in [1.807, 2.05) is 11.8 Å². The molecule has 5 heteroatoms. The number of nitrogens with two attached hydrogens (primary N) is 1. The van der Waals surface area contributed by atoms with Crippen molar-refractivity contribution in [2.24, 2.45) is 11.7 Å². The van der Waals surface area contributed by atoms with Crippen LogP contribution in [0.4, 0.5) is 0 Å².